The number of hydrogen-bond acceptors (Lipinski definition) is 5. The van der Waals surface area contributed by atoms with Crippen molar-refractivity contribution in [3.05, 3.63) is 51.5 Å². The summed E-state index contributed by atoms with van der Waals surface area (Å²) >= 11 is 1.51. The lowest BCUT2D eigenvalue weighted by Gasteiger charge is -2.13. The van der Waals surface area contributed by atoms with Crippen molar-refractivity contribution >= 4 is 29.1 Å². The Morgan fingerprint density at radius 3 is 2.46 bits per heavy atom. The molecule has 0 spiro atoms. The summed E-state index contributed by atoms with van der Waals surface area (Å²) in [6.45, 7) is 2.56. The number of fused-ring (bicyclic) bond motifs is 1. The molecule has 0 radical (unpaired) electrons. The third-order valence-electron chi connectivity index (χ3n) is 3.77. The van der Waals surface area contributed by atoms with Crippen LogP contribution in [0.2, 0.25) is 0 Å². The molecule has 2 heterocycles. The zero-order chi connectivity index (χ0) is 17.1. The summed E-state index contributed by atoms with van der Waals surface area (Å²) in [5, 5.41) is 5.59. The molecule has 1 aromatic carbocycles. The van der Waals surface area contributed by atoms with Gasteiger partial charge in [0.1, 0.15) is 5.01 Å². The highest BCUT2D eigenvalue weighted by molar-refractivity contribution is 7.09. The smallest absolute Gasteiger partial charge is 0.261 e. The Morgan fingerprint density at radius 1 is 1.21 bits per heavy atom. The SMILES string of the molecule is Cc1csc(CNC(=O)CCCN2C(=O)c3ccccc3C2=O)n1. The zero-order valence-corrected chi connectivity index (χ0v) is 14.1. The molecule has 1 aromatic heterocycles. The molecule has 7 heteroatoms. The van der Waals surface area contributed by atoms with Crippen LogP contribution in [0.3, 0.4) is 0 Å². The lowest BCUT2D eigenvalue weighted by molar-refractivity contribution is -0.121. The van der Waals surface area contributed by atoms with Crippen molar-refractivity contribution in [3.8, 4) is 0 Å². The van der Waals surface area contributed by atoms with Crippen LogP contribution < -0.4 is 5.32 Å². The minimum atomic E-state index is -0.283. The van der Waals surface area contributed by atoms with Crippen molar-refractivity contribution in [1.82, 2.24) is 15.2 Å². The highest BCUT2D eigenvalue weighted by atomic mass is 32.1. The number of benzene rings is 1. The number of aryl methyl sites for hydroxylation is 1. The third-order valence-corrected chi connectivity index (χ3v) is 4.73. The Bertz CT molecular complexity index is 765. The van der Waals surface area contributed by atoms with Gasteiger partial charge >= 0.3 is 0 Å². The van der Waals surface area contributed by atoms with E-state index in [2.05, 4.69) is 10.3 Å². The number of amides is 3. The molecule has 0 aliphatic carbocycles. The summed E-state index contributed by atoms with van der Waals surface area (Å²) in [7, 11) is 0. The molecule has 2 aromatic rings. The molecule has 24 heavy (non-hydrogen) atoms. The lowest BCUT2D eigenvalue weighted by atomic mass is 10.1. The fourth-order valence-electron chi connectivity index (χ4n) is 2.59. The molecule has 0 saturated heterocycles. The van der Waals surface area contributed by atoms with Crippen LogP contribution in [0.15, 0.2) is 29.6 Å². The molecular weight excluding hydrogens is 326 g/mol. The van der Waals surface area contributed by atoms with Crippen molar-refractivity contribution < 1.29 is 14.4 Å². The molecule has 3 rings (SSSR count). The number of rotatable bonds is 6. The summed E-state index contributed by atoms with van der Waals surface area (Å²) < 4.78 is 0. The maximum Gasteiger partial charge on any atom is 0.261 e. The standard InChI is InChI=1S/C17H17N3O3S/c1-11-10-24-15(19-11)9-18-14(21)7-4-8-20-16(22)12-5-2-3-6-13(12)17(20)23/h2-3,5-6,10H,4,7-9H2,1H3,(H,18,21). The van der Waals surface area contributed by atoms with E-state index in [9.17, 15) is 14.4 Å². The first kappa shape index (κ1) is 16.3. The Labute approximate surface area is 143 Å². The number of carbonyl (C=O) groups is 3. The van der Waals surface area contributed by atoms with Gasteiger partial charge in [-0.3, -0.25) is 19.3 Å². The monoisotopic (exact) mass is 343 g/mol. The predicted octanol–water partition coefficient (Wildman–Crippen LogP) is 2.14. The van der Waals surface area contributed by atoms with Crippen LogP contribution in [0.25, 0.3) is 0 Å². The summed E-state index contributed by atoms with van der Waals surface area (Å²) in [5.41, 5.74) is 1.81. The van der Waals surface area contributed by atoms with Crippen LogP contribution in [0, 0.1) is 6.92 Å². The minimum absolute atomic E-state index is 0.112. The quantitative estimate of drug-likeness (QED) is 0.815. The number of thiazole rings is 1. The molecule has 6 nitrogen and oxygen atoms in total. The number of nitrogens with zero attached hydrogens (tertiary/aromatic N) is 2. The van der Waals surface area contributed by atoms with Crippen molar-refractivity contribution in [2.75, 3.05) is 6.54 Å². The highest BCUT2D eigenvalue weighted by Crippen LogP contribution is 2.22. The zero-order valence-electron chi connectivity index (χ0n) is 13.2. The first-order valence-electron chi connectivity index (χ1n) is 7.69. The molecule has 0 bridgehead atoms. The summed E-state index contributed by atoms with van der Waals surface area (Å²) in [6.07, 6.45) is 0.700. The van der Waals surface area contributed by atoms with E-state index in [1.807, 2.05) is 12.3 Å². The molecule has 1 aliphatic heterocycles. The second-order valence-electron chi connectivity index (χ2n) is 5.57. The van der Waals surface area contributed by atoms with Gasteiger partial charge in [0.05, 0.1) is 17.7 Å². The first-order chi connectivity index (χ1) is 11.6. The van der Waals surface area contributed by atoms with Crippen LogP contribution in [0.4, 0.5) is 0 Å². The van der Waals surface area contributed by atoms with E-state index in [0.717, 1.165) is 10.7 Å². The summed E-state index contributed by atoms with van der Waals surface area (Å²) in [5.74, 6) is -0.678. The number of aromatic nitrogens is 1. The van der Waals surface area contributed by atoms with Crippen molar-refractivity contribution in [1.29, 1.82) is 0 Å². The van der Waals surface area contributed by atoms with Crippen molar-refractivity contribution in [2.45, 2.75) is 26.3 Å². The molecule has 1 N–H and O–H groups in total. The Kier molecular flexibility index (Phi) is 4.71. The van der Waals surface area contributed by atoms with E-state index in [1.54, 1.807) is 24.3 Å². The van der Waals surface area contributed by atoms with Gasteiger partial charge < -0.3 is 5.32 Å². The summed E-state index contributed by atoms with van der Waals surface area (Å²) in [4.78, 5) is 41.7. The van der Waals surface area contributed by atoms with E-state index >= 15 is 0 Å². The van der Waals surface area contributed by atoms with E-state index < -0.39 is 0 Å². The average molecular weight is 343 g/mol. The molecule has 0 saturated carbocycles. The van der Waals surface area contributed by atoms with Gasteiger partial charge in [-0.25, -0.2) is 4.98 Å². The molecule has 3 amide bonds. The van der Waals surface area contributed by atoms with Crippen LogP contribution in [-0.2, 0) is 11.3 Å². The second kappa shape index (κ2) is 6.92. The predicted molar refractivity (Wildman–Crippen MR) is 89.7 cm³/mol. The van der Waals surface area contributed by atoms with E-state index in [1.165, 1.54) is 16.2 Å². The highest BCUT2D eigenvalue weighted by Gasteiger charge is 2.34. The molecule has 124 valence electrons. The van der Waals surface area contributed by atoms with Gasteiger partial charge in [0.2, 0.25) is 5.91 Å². The van der Waals surface area contributed by atoms with E-state index in [0.29, 0.717) is 24.1 Å². The van der Waals surface area contributed by atoms with Crippen LogP contribution in [0.5, 0.6) is 0 Å². The Morgan fingerprint density at radius 2 is 1.88 bits per heavy atom. The van der Waals surface area contributed by atoms with Crippen LogP contribution in [0.1, 0.15) is 44.3 Å². The Balaban J connectivity index is 1.46. The van der Waals surface area contributed by atoms with E-state index in [4.69, 9.17) is 0 Å². The molecule has 1 aliphatic rings. The first-order valence-corrected chi connectivity index (χ1v) is 8.57. The number of nitrogens with one attached hydrogen (secondary N) is 1. The van der Waals surface area contributed by atoms with Gasteiger partial charge in [-0.05, 0) is 25.5 Å². The van der Waals surface area contributed by atoms with Crippen LogP contribution >= 0.6 is 11.3 Å². The minimum Gasteiger partial charge on any atom is -0.350 e. The van der Waals surface area contributed by atoms with Gasteiger partial charge in [0.15, 0.2) is 0 Å². The van der Waals surface area contributed by atoms with Gasteiger partial charge in [-0.1, -0.05) is 12.1 Å². The number of imide groups is 1. The average Bonchev–Trinajstić information content (AvgIpc) is 3.10. The molecule has 0 unspecified atom stereocenters. The summed E-state index contributed by atoms with van der Waals surface area (Å²) in [6, 6.07) is 6.78. The number of hydrogen-bond donors (Lipinski definition) is 1. The molecule has 0 atom stereocenters. The van der Waals surface area contributed by atoms with Gasteiger partial charge in [-0.2, -0.15) is 0 Å². The topological polar surface area (TPSA) is 79.4 Å². The normalized spacial score (nSPS) is 13.3. The van der Waals surface area contributed by atoms with Gasteiger partial charge in [0.25, 0.3) is 11.8 Å². The van der Waals surface area contributed by atoms with Gasteiger partial charge in [-0.15, -0.1) is 11.3 Å². The molecular formula is C17H17N3O3S. The maximum absolute atomic E-state index is 12.2. The fourth-order valence-corrected chi connectivity index (χ4v) is 3.30. The van der Waals surface area contributed by atoms with Crippen molar-refractivity contribution in [3.63, 3.8) is 0 Å². The van der Waals surface area contributed by atoms with Crippen molar-refractivity contribution in [2.24, 2.45) is 0 Å². The third kappa shape index (κ3) is 3.35. The lowest BCUT2D eigenvalue weighted by Crippen LogP contribution is -2.32. The maximum atomic E-state index is 12.2. The second-order valence-corrected chi connectivity index (χ2v) is 6.51. The fraction of sp³-hybridized carbons (Fsp3) is 0.294. The van der Waals surface area contributed by atoms with Crippen LogP contribution in [-0.4, -0.2) is 34.2 Å². The largest absolute Gasteiger partial charge is 0.350 e. The number of carbonyl (C=O) groups excluding carboxylic acids is 3. The van der Waals surface area contributed by atoms with E-state index in [-0.39, 0.29) is 30.7 Å². The van der Waals surface area contributed by atoms with Gasteiger partial charge in [0, 0.05) is 24.0 Å². The molecule has 0 fully saturated rings. The Hall–Kier alpha value is -2.54.